The molecule has 2 aromatic carbocycles. The first-order chi connectivity index (χ1) is 12.6. The lowest BCUT2D eigenvalue weighted by Crippen LogP contribution is -2.10. The first-order valence-electron chi connectivity index (χ1n) is 8.37. The van der Waals surface area contributed by atoms with E-state index < -0.39 is 0 Å². The van der Waals surface area contributed by atoms with Crippen molar-refractivity contribution in [3.8, 4) is 40.9 Å². The molecular formula is C21H22N4O. The first-order valence-corrected chi connectivity index (χ1v) is 8.37. The molecule has 1 heterocycles. The normalized spacial score (nSPS) is 10.7. The number of ether oxygens (including phenoxy) is 1. The van der Waals surface area contributed by atoms with E-state index in [0.717, 1.165) is 29.2 Å². The number of methoxy groups -OCH3 is 1. The maximum atomic E-state index is 5.52. The van der Waals surface area contributed by atoms with Crippen molar-refractivity contribution in [1.82, 2.24) is 19.7 Å². The van der Waals surface area contributed by atoms with Gasteiger partial charge in [0.1, 0.15) is 12.3 Å². The van der Waals surface area contributed by atoms with Gasteiger partial charge in [0, 0.05) is 17.7 Å². The monoisotopic (exact) mass is 346 g/mol. The maximum Gasteiger partial charge on any atom is 0.181 e. The third kappa shape index (κ3) is 3.93. The molecule has 3 rings (SSSR count). The van der Waals surface area contributed by atoms with Crippen LogP contribution in [0.5, 0.6) is 5.75 Å². The minimum atomic E-state index is 0.367. The van der Waals surface area contributed by atoms with Crippen molar-refractivity contribution in [3.05, 3.63) is 54.1 Å². The van der Waals surface area contributed by atoms with Crippen LogP contribution in [0.15, 0.2) is 48.5 Å². The zero-order valence-corrected chi connectivity index (χ0v) is 15.3. The lowest BCUT2D eigenvalue weighted by molar-refractivity contribution is 0.402. The third-order valence-corrected chi connectivity index (χ3v) is 3.94. The van der Waals surface area contributed by atoms with E-state index in [-0.39, 0.29) is 0 Å². The van der Waals surface area contributed by atoms with Crippen LogP contribution >= 0.6 is 0 Å². The smallest absolute Gasteiger partial charge is 0.181 e. The van der Waals surface area contributed by atoms with Crippen LogP contribution < -0.4 is 4.74 Å². The van der Waals surface area contributed by atoms with Gasteiger partial charge in [-0.15, -0.1) is 11.5 Å². The summed E-state index contributed by atoms with van der Waals surface area (Å²) in [7, 11) is 5.75. The van der Waals surface area contributed by atoms with Crippen molar-refractivity contribution in [2.45, 2.75) is 13.1 Å². The average Bonchev–Trinajstić information content (AvgIpc) is 3.06. The zero-order chi connectivity index (χ0) is 18.5. The minimum Gasteiger partial charge on any atom is -0.497 e. The van der Waals surface area contributed by atoms with Crippen LogP contribution in [0.25, 0.3) is 22.8 Å². The summed E-state index contributed by atoms with van der Waals surface area (Å²) in [4.78, 5) is 6.88. The standard InChI is InChI=1S/C21H22N4O/c1-5-13-25-21(17-9-11-19(26-4)12-10-17)22-20(23-25)18-8-6-7-16(14-18)15-24(2)3/h1,6-12,14H,13,15H2,2-4H3. The lowest BCUT2D eigenvalue weighted by atomic mass is 10.1. The molecule has 0 aliphatic heterocycles. The first kappa shape index (κ1) is 17.7. The van der Waals surface area contributed by atoms with E-state index in [1.807, 2.05) is 50.5 Å². The van der Waals surface area contributed by atoms with E-state index in [1.165, 1.54) is 5.56 Å². The van der Waals surface area contributed by atoms with Gasteiger partial charge in [-0.25, -0.2) is 9.67 Å². The van der Waals surface area contributed by atoms with Crippen LogP contribution in [-0.2, 0) is 13.1 Å². The van der Waals surface area contributed by atoms with Gasteiger partial charge in [0.15, 0.2) is 11.6 Å². The molecule has 5 heteroatoms. The highest BCUT2D eigenvalue weighted by Crippen LogP contribution is 2.25. The molecular weight excluding hydrogens is 324 g/mol. The highest BCUT2D eigenvalue weighted by atomic mass is 16.5. The average molecular weight is 346 g/mol. The molecule has 0 fully saturated rings. The van der Waals surface area contributed by atoms with E-state index in [9.17, 15) is 0 Å². The van der Waals surface area contributed by atoms with Crippen molar-refractivity contribution in [1.29, 1.82) is 0 Å². The Kier molecular flexibility index (Phi) is 5.35. The molecule has 26 heavy (non-hydrogen) atoms. The van der Waals surface area contributed by atoms with Gasteiger partial charge in [0.05, 0.1) is 7.11 Å². The number of hydrogen-bond acceptors (Lipinski definition) is 4. The summed E-state index contributed by atoms with van der Waals surface area (Å²) < 4.78 is 6.98. The van der Waals surface area contributed by atoms with Crippen molar-refractivity contribution in [3.63, 3.8) is 0 Å². The molecule has 0 aliphatic rings. The lowest BCUT2D eigenvalue weighted by Gasteiger charge is -2.09. The van der Waals surface area contributed by atoms with Crippen LogP contribution in [0.1, 0.15) is 5.56 Å². The zero-order valence-electron chi connectivity index (χ0n) is 15.3. The van der Waals surface area contributed by atoms with E-state index in [1.54, 1.807) is 11.8 Å². The number of terminal acetylenes is 1. The Labute approximate surface area is 154 Å². The fraction of sp³-hybridized carbons (Fsp3) is 0.238. The maximum absolute atomic E-state index is 5.52. The fourth-order valence-corrected chi connectivity index (χ4v) is 2.79. The molecule has 0 aliphatic carbocycles. The number of hydrogen-bond donors (Lipinski definition) is 0. The Morgan fingerprint density at radius 2 is 1.88 bits per heavy atom. The number of rotatable bonds is 6. The summed E-state index contributed by atoms with van der Waals surface area (Å²) in [6.07, 6.45) is 5.52. The molecule has 3 aromatic rings. The Hall–Kier alpha value is -3.10. The second-order valence-corrected chi connectivity index (χ2v) is 6.29. The topological polar surface area (TPSA) is 43.2 Å². The van der Waals surface area contributed by atoms with Crippen LogP contribution in [0.4, 0.5) is 0 Å². The Balaban J connectivity index is 2.00. The SMILES string of the molecule is C#CCn1nc(-c2cccc(CN(C)C)c2)nc1-c1ccc(OC)cc1. The van der Waals surface area contributed by atoms with Gasteiger partial charge < -0.3 is 9.64 Å². The molecule has 0 unspecified atom stereocenters. The number of benzene rings is 2. The molecule has 0 saturated carbocycles. The Morgan fingerprint density at radius 1 is 1.12 bits per heavy atom. The number of nitrogens with zero attached hydrogens (tertiary/aromatic N) is 4. The molecule has 0 atom stereocenters. The van der Waals surface area contributed by atoms with Gasteiger partial charge in [0.2, 0.25) is 0 Å². The van der Waals surface area contributed by atoms with Crippen LogP contribution in [0, 0.1) is 12.3 Å². The molecule has 1 aromatic heterocycles. The Morgan fingerprint density at radius 3 is 2.54 bits per heavy atom. The third-order valence-electron chi connectivity index (χ3n) is 3.94. The van der Waals surface area contributed by atoms with Crippen LogP contribution in [0.3, 0.4) is 0 Å². The minimum absolute atomic E-state index is 0.367. The second kappa shape index (κ2) is 7.85. The van der Waals surface area contributed by atoms with E-state index in [0.29, 0.717) is 12.4 Å². The van der Waals surface area contributed by atoms with Crippen LogP contribution in [-0.4, -0.2) is 40.9 Å². The molecule has 0 bridgehead atoms. The molecule has 132 valence electrons. The Bertz CT molecular complexity index is 920. The largest absolute Gasteiger partial charge is 0.497 e. The summed E-state index contributed by atoms with van der Waals surface area (Å²) in [5.74, 6) is 4.87. The van der Waals surface area contributed by atoms with Gasteiger partial charge in [-0.2, -0.15) is 0 Å². The van der Waals surface area contributed by atoms with Crippen LogP contribution in [0.2, 0.25) is 0 Å². The van der Waals surface area contributed by atoms with Gasteiger partial charge in [-0.1, -0.05) is 24.1 Å². The predicted molar refractivity (Wildman–Crippen MR) is 104 cm³/mol. The van der Waals surface area contributed by atoms with Gasteiger partial charge in [-0.3, -0.25) is 0 Å². The summed E-state index contributed by atoms with van der Waals surface area (Å²) in [5.41, 5.74) is 3.14. The van der Waals surface area contributed by atoms with Gasteiger partial charge in [-0.05, 0) is 50.0 Å². The fourth-order valence-electron chi connectivity index (χ4n) is 2.79. The van der Waals surface area contributed by atoms with E-state index in [2.05, 4.69) is 28.1 Å². The summed E-state index contributed by atoms with van der Waals surface area (Å²) in [6, 6.07) is 16.0. The quantitative estimate of drug-likeness (QED) is 0.642. The van der Waals surface area contributed by atoms with Crippen molar-refractivity contribution in [2.24, 2.45) is 0 Å². The second-order valence-electron chi connectivity index (χ2n) is 6.29. The molecule has 5 nitrogen and oxygen atoms in total. The summed E-state index contributed by atoms with van der Waals surface area (Å²) >= 11 is 0. The van der Waals surface area contributed by atoms with Gasteiger partial charge in [0.25, 0.3) is 0 Å². The van der Waals surface area contributed by atoms with E-state index in [4.69, 9.17) is 16.1 Å². The highest BCUT2D eigenvalue weighted by Gasteiger charge is 2.13. The molecule has 0 radical (unpaired) electrons. The van der Waals surface area contributed by atoms with Gasteiger partial charge >= 0.3 is 0 Å². The molecule has 0 spiro atoms. The number of aromatic nitrogens is 3. The highest BCUT2D eigenvalue weighted by molar-refractivity contribution is 5.63. The van der Waals surface area contributed by atoms with Crippen molar-refractivity contribution < 1.29 is 4.74 Å². The molecule has 0 saturated heterocycles. The molecule has 0 amide bonds. The predicted octanol–water partition coefficient (Wildman–Crippen LogP) is 3.32. The van der Waals surface area contributed by atoms with E-state index >= 15 is 0 Å². The summed E-state index contributed by atoms with van der Waals surface area (Å²) in [6.45, 7) is 1.23. The molecule has 0 N–H and O–H groups in total. The van der Waals surface area contributed by atoms with Crippen molar-refractivity contribution in [2.75, 3.05) is 21.2 Å². The van der Waals surface area contributed by atoms with Crippen molar-refractivity contribution >= 4 is 0 Å². The summed E-state index contributed by atoms with van der Waals surface area (Å²) in [5, 5.41) is 4.63.